The number of methoxy groups -OCH3 is 1. The van der Waals surface area contributed by atoms with Crippen molar-refractivity contribution in [1.82, 2.24) is 4.98 Å². The minimum absolute atomic E-state index is 0. The summed E-state index contributed by atoms with van der Waals surface area (Å²) in [6, 6.07) is 4.29. The Bertz CT molecular complexity index is 423. The average molecular weight is 312 g/mol. The quantitative estimate of drug-likeness (QED) is 0.459. The number of carbonyl (C=O) groups excluding carboxylic acids is 1. The van der Waals surface area contributed by atoms with Gasteiger partial charge < -0.3 is 25.7 Å². The van der Waals surface area contributed by atoms with E-state index in [1.54, 1.807) is 13.0 Å². The van der Waals surface area contributed by atoms with Crippen LogP contribution in [0.25, 0.3) is 6.08 Å². The molecule has 0 bridgehead atoms. The molecule has 7 heteroatoms. The molecule has 0 saturated heterocycles. The number of hydrogen-bond acceptors (Lipinski definition) is 5. The largest absolute Gasteiger partial charge is 2.00 e. The minimum atomic E-state index is -1.66. The molecule has 2 N–H and O–H groups in total. The summed E-state index contributed by atoms with van der Waals surface area (Å²) in [4.78, 5) is 15.1. The number of hydrogen-bond donors (Lipinski definition) is 2. The molecule has 0 aliphatic heterocycles. The predicted octanol–water partition coefficient (Wildman–Crippen LogP) is -0.197. The van der Waals surface area contributed by atoms with Gasteiger partial charge in [0.1, 0.15) is 0 Å². The fourth-order valence-electron chi connectivity index (χ4n) is 1.07. The Kier molecular flexibility index (Phi) is 7.02. The monoisotopic (exact) mass is 312 g/mol. The zero-order chi connectivity index (χ0) is 12.1. The molecule has 1 rings (SSSR count). The third-order valence-electron chi connectivity index (χ3n) is 1.68. The first-order chi connectivity index (χ1) is 7.52. The van der Waals surface area contributed by atoms with Crippen LogP contribution in [0, 0.1) is 19.0 Å². The van der Waals surface area contributed by atoms with Crippen LogP contribution in [0.5, 0.6) is 0 Å². The zero-order valence-electron chi connectivity index (χ0n) is 9.34. The van der Waals surface area contributed by atoms with Crippen LogP contribution in [0.3, 0.4) is 0 Å². The van der Waals surface area contributed by atoms with Crippen molar-refractivity contribution in [3.05, 3.63) is 35.1 Å². The van der Waals surface area contributed by atoms with Crippen molar-refractivity contribution in [2.24, 2.45) is 0 Å². The number of rotatable bonds is 3. The van der Waals surface area contributed by atoms with Crippen LogP contribution in [-0.2, 0) is 27.1 Å². The van der Waals surface area contributed by atoms with Gasteiger partial charge in [0.15, 0.2) is 0 Å². The molecule has 5 nitrogen and oxygen atoms in total. The smallest absolute Gasteiger partial charge is 0.507 e. The molecule has 0 spiro atoms. The average Bonchev–Trinajstić information content (AvgIpc) is 2.24. The van der Waals surface area contributed by atoms with Gasteiger partial charge in [-0.2, -0.15) is 6.07 Å². The van der Waals surface area contributed by atoms with E-state index in [1.165, 1.54) is 13.2 Å². The first-order valence-corrected chi connectivity index (χ1v) is 4.47. The first kappa shape index (κ1) is 16.1. The number of pyridine rings is 1. The van der Waals surface area contributed by atoms with Crippen LogP contribution in [0.1, 0.15) is 21.7 Å². The van der Waals surface area contributed by atoms with E-state index in [4.69, 9.17) is 10.0 Å². The fraction of sp³-hybridized carbons (Fsp3) is 0.200. The maximum absolute atomic E-state index is 11.2. The van der Waals surface area contributed by atoms with Gasteiger partial charge in [0.05, 0.1) is 7.11 Å². The van der Waals surface area contributed by atoms with Crippen LogP contribution in [0.4, 0.5) is 0 Å². The Hall–Kier alpha value is -0.915. The third-order valence-corrected chi connectivity index (χ3v) is 1.68. The molecule has 1 heterocycles. The van der Waals surface area contributed by atoms with Crippen LogP contribution in [0.15, 0.2) is 6.07 Å². The van der Waals surface area contributed by atoms with Crippen LogP contribution in [0.2, 0.25) is 0 Å². The number of nitrogens with zero attached hydrogens (tertiary/aromatic N) is 1. The van der Waals surface area contributed by atoms with Crippen LogP contribution in [-0.4, -0.2) is 35.2 Å². The summed E-state index contributed by atoms with van der Waals surface area (Å²) < 4.78 is 4.51. The molecule has 1 aromatic rings. The van der Waals surface area contributed by atoms with Gasteiger partial charge in [-0.25, -0.2) is 6.07 Å². The molecule has 87 valence electrons. The van der Waals surface area contributed by atoms with E-state index in [2.05, 4.69) is 21.8 Å². The summed E-state index contributed by atoms with van der Waals surface area (Å²) in [5.41, 5.74) is 1.11. The van der Waals surface area contributed by atoms with Gasteiger partial charge in [-0.3, -0.25) is 16.5 Å². The zero-order valence-corrected chi connectivity index (χ0v) is 11.5. The van der Waals surface area contributed by atoms with Gasteiger partial charge in [0.25, 0.3) is 5.97 Å². The van der Waals surface area contributed by atoms with Crippen molar-refractivity contribution in [2.45, 2.75) is 6.92 Å². The molecule has 0 unspecified atom stereocenters. The summed E-state index contributed by atoms with van der Waals surface area (Å²) in [6.07, 6.45) is 1.31. The summed E-state index contributed by atoms with van der Waals surface area (Å²) >= 11 is 0. The Labute approximate surface area is 115 Å². The second kappa shape index (κ2) is 7.42. The van der Waals surface area contributed by atoms with E-state index < -0.39 is 13.1 Å². The second-order valence-corrected chi connectivity index (χ2v) is 3.00. The number of esters is 1. The Morgan fingerprint density at radius 2 is 2.29 bits per heavy atom. The van der Waals surface area contributed by atoms with Crippen molar-refractivity contribution in [3.63, 3.8) is 0 Å². The maximum atomic E-state index is 11.2. The standard InChI is InChI=1S/C10H10BNO4.Nb/c1-7-5-8(3-4-11(14)15)6-9(12-7)10(13)16-2;/h3,5,14-15H,1-2H3;/q-2;+2. The Morgan fingerprint density at radius 3 is 2.82 bits per heavy atom. The molecule has 0 aliphatic rings. The van der Waals surface area contributed by atoms with Gasteiger partial charge >= 0.3 is 29.5 Å². The maximum Gasteiger partial charge on any atom is 2.00 e. The molecule has 1 aromatic heterocycles. The molecule has 0 atom stereocenters. The molecule has 0 fully saturated rings. The third kappa shape index (κ3) is 5.30. The first-order valence-electron chi connectivity index (χ1n) is 4.47. The topological polar surface area (TPSA) is 79.7 Å². The number of aryl methyl sites for hydroxylation is 1. The van der Waals surface area contributed by atoms with Crippen molar-refractivity contribution in [3.8, 4) is 0 Å². The van der Waals surface area contributed by atoms with Crippen LogP contribution < -0.4 is 0 Å². The molecule has 0 aliphatic carbocycles. The molecule has 0 amide bonds. The Morgan fingerprint density at radius 1 is 1.65 bits per heavy atom. The van der Waals surface area contributed by atoms with Crippen molar-refractivity contribution >= 4 is 19.2 Å². The van der Waals surface area contributed by atoms with E-state index in [0.717, 1.165) is 0 Å². The van der Waals surface area contributed by atoms with E-state index >= 15 is 0 Å². The van der Waals surface area contributed by atoms with Crippen molar-refractivity contribution in [2.75, 3.05) is 7.11 Å². The summed E-state index contributed by atoms with van der Waals surface area (Å²) in [6.45, 7) is 1.70. The predicted molar refractivity (Wildman–Crippen MR) is 57.0 cm³/mol. The van der Waals surface area contributed by atoms with Crippen LogP contribution >= 0.6 is 0 Å². The Balaban J connectivity index is 0.00000256. The van der Waals surface area contributed by atoms with Gasteiger partial charge in [0, 0.05) is 5.69 Å². The molecule has 17 heavy (non-hydrogen) atoms. The molecular formula is C10H10BNNbO4. The number of ether oxygens (including phenoxy) is 1. The summed E-state index contributed by atoms with van der Waals surface area (Å²) in [5.74, 6) is 1.65. The molecule has 1 radical (unpaired) electrons. The van der Waals surface area contributed by atoms with Gasteiger partial charge in [-0.15, -0.1) is 0 Å². The summed E-state index contributed by atoms with van der Waals surface area (Å²) in [7, 11) is -0.414. The minimum Gasteiger partial charge on any atom is -0.507 e. The van der Waals surface area contributed by atoms with E-state index in [0.29, 0.717) is 11.3 Å². The van der Waals surface area contributed by atoms with E-state index in [1.807, 2.05) is 0 Å². The SMILES string of the molecule is COC(=O)c1[c-]c(C=[C-]B(O)O)cc(C)n1.[Nb+2]. The second-order valence-electron chi connectivity index (χ2n) is 3.00. The normalized spacial score (nSPS) is 9.88. The molecule has 0 aromatic carbocycles. The van der Waals surface area contributed by atoms with Crippen molar-refractivity contribution in [1.29, 1.82) is 0 Å². The van der Waals surface area contributed by atoms with E-state index in [9.17, 15) is 4.79 Å². The molecular weight excluding hydrogens is 302 g/mol. The van der Waals surface area contributed by atoms with Gasteiger partial charge in [0.2, 0.25) is 0 Å². The van der Waals surface area contributed by atoms with E-state index in [-0.39, 0.29) is 28.1 Å². The van der Waals surface area contributed by atoms with Crippen molar-refractivity contribution < 1.29 is 42.0 Å². The number of carbonyl (C=O) groups is 1. The summed E-state index contributed by atoms with van der Waals surface area (Å²) in [5, 5.41) is 17.2. The fourth-order valence-corrected chi connectivity index (χ4v) is 1.07. The van der Waals surface area contributed by atoms with Gasteiger partial charge in [-0.05, 0) is 12.6 Å². The number of aromatic nitrogens is 1. The molecule has 0 saturated carbocycles. The van der Waals surface area contributed by atoms with Gasteiger partial charge in [-0.1, -0.05) is 0 Å².